The second-order valence-electron chi connectivity index (χ2n) is 7.23. The lowest BCUT2D eigenvalue weighted by molar-refractivity contribution is 0.0475. The molecule has 3 aromatic rings. The number of thiophene rings is 1. The zero-order chi connectivity index (χ0) is 22.2. The molecule has 1 aromatic carbocycles. The second-order valence-corrected chi connectivity index (χ2v) is 11.3. The molecular formula is C21H21NO6S3. The Balaban J connectivity index is 1.59. The Bertz CT molecular complexity index is 1300. The number of nitrogens with zero attached hydrogens (tertiary/aromatic N) is 1. The lowest BCUT2D eigenvalue weighted by Crippen LogP contribution is -2.38. The van der Waals surface area contributed by atoms with Gasteiger partial charge in [-0.2, -0.15) is 16.1 Å². The van der Waals surface area contributed by atoms with E-state index in [1.165, 1.54) is 16.4 Å². The van der Waals surface area contributed by atoms with Gasteiger partial charge in [0, 0.05) is 41.6 Å². The van der Waals surface area contributed by atoms with E-state index < -0.39 is 21.6 Å². The van der Waals surface area contributed by atoms with Gasteiger partial charge in [0.1, 0.15) is 22.0 Å². The van der Waals surface area contributed by atoms with Gasteiger partial charge in [-0.05, 0) is 48.6 Å². The van der Waals surface area contributed by atoms with Gasteiger partial charge in [-0.15, -0.1) is 11.3 Å². The average Bonchev–Trinajstić information content (AvgIpc) is 3.25. The maximum Gasteiger partial charge on any atom is 0.350 e. The number of sulfonamides is 1. The van der Waals surface area contributed by atoms with Gasteiger partial charge in [0.25, 0.3) is 0 Å². The van der Waals surface area contributed by atoms with Crippen LogP contribution in [0.4, 0.5) is 0 Å². The summed E-state index contributed by atoms with van der Waals surface area (Å²) in [5.74, 6) is 0.724. The number of rotatable bonds is 5. The molecule has 0 saturated carbocycles. The first-order valence-corrected chi connectivity index (χ1v) is 13.1. The van der Waals surface area contributed by atoms with Crippen molar-refractivity contribution in [3.8, 4) is 0 Å². The summed E-state index contributed by atoms with van der Waals surface area (Å²) < 4.78 is 38.1. The number of aryl methyl sites for hydroxylation is 2. The third-order valence-corrected chi connectivity index (χ3v) is 9.11. The number of hydrogen-bond acceptors (Lipinski definition) is 8. The van der Waals surface area contributed by atoms with Crippen LogP contribution in [-0.4, -0.2) is 43.3 Å². The first-order chi connectivity index (χ1) is 14.8. The van der Waals surface area contributed by atoms with E-state index >= 15 is 0 Å². The summed E-state index contributed by atoms with van der Waals surface area (Å²) in [6, 6.07) is 6.39. The Kier molecular flexibility index (Phi) is 6.25. The Hall–Kier alpha value is -2.14. The Morgan fingerprint density at radius 2 is 1.87 bits per heavy atom. The predicted molar refractivity (Wildman–Crippen MR) is 121 cm³/mol. The molecule has 4 rings (SSSR count). The van der Waals surface area contributed by atoms with Crippen molar-refractivity contribution in [3.63, 3.8) is 0 Å². The largest absolute Gasteiger partial charge is 0.457 e. The molecular weight excluding hydrogens is 458 g/mol. The van der Waals surface area contributed by atoms with Crippen LogP contribution in [0, 0.1) is 13.8 Å². The number of ether oxygens (including phenoxy) is 1. The van der Waals surface area contributed by atoms with Crippen LogP contribution < -0.4 is 5.63 Å². The fourth-order valence-corrected chi connectivity index (χ4v) is 7.25. The minimum Gasteiger partial charge on any atom is -0.457 e. The number of thioether (sulfide) groups is 1. The van der Waals surface area contributed by atoms with Gasteiger partial charge >= 0.3 is 11.6 Å². The molecule has 0 bridgehead atoms. The van der Waals surface area contributed by atoms with Gasteiger partial charge < -0.3 is 9.15 Å². The summed E-state index contributed by atoms with van der Waals surface area (Å²) in [5.41, 5.74) is 2.39. The molecule has 0 amide bonds. The lowest BCUT2D eigenvalue weighted by Gasteiger charge is -2.25. The second kappa shape index (κ2) is 8.78. The van der Waals surface area contributed by atoms with Crippen molar-refractivity contribution < 1.29 is 22.4 Å². The van der Waals surface area contributed by atoms with Crippen LogP contribution >= 0.6 is 23.1 Å². The van der Waals surface area contributed by atoms with E-state index in [0.717, 1.165) is 34.0 Å². The molecule has 164 valence electrons. The van der Waals surface area contributed by atoms with Gasteiger partial charge in [0.2, 0.25) is 10.0 Å². The minimum atomic E-state index is -3.76. The van der Waals surface area contributed by atoms with Crippen molar-refractivity contribution in [2.45, 2.75) is 25.3 Å². The maximum absolute atomic E-state index is 13.0. The smallest absolute Gasteiger partial charge is 0.350 e. The van der Waals surface area contributed by atoms with Gasteiger partial charge in [-0.3, -0.25) is 0 Å². The Labute approximate surface area is 188 Å². The summed E-state index contributed by atoms with van der Waals surface area (Å²) in [4.78, 5) is 24.7. The van der Waals surface area contributed by atoms with Crippen molar-refractivity contribution in [2.24, 2.45) is 0 Å². The molecule has 0 aliphatic carbocycles. The molecule has 0 atom stereocenters. The molecule has 0 radical (unpaired) electrons. The molecule has 0 spiro atoms. The molecule has 1 fully saturated rings. The highest BCUT2D eigenvalue weighted by atomic mass is 32.2. The number of carbonyl (C=O) groups excluding carboxylic acids is 1. The van der Waals surface area contributed by atoms with E-state index in [0.29, 0.717) is 29.6 Å². The van der Waals surface area contributed by atoms with Crippen molar-refractivity contribution in [1.82, 2.24) is 4.31 Å². The first kappa shape index (κ1) is 22.1. The summed E-state index contributed by atoms with van der Waals surface area (Å²) in [6.45, 7) is 4.53. The first-order valence-electron chi connectivity index (χ1n) is 9.64. The van der Waals surface area contributed by atoms with Crippen molar-refractivity contribution in [2.75, 3.05) is 24.6 Å². The summed E-state index contributed by atoms with van der Waals surface area (Å²) in [6.07, 6.45) is 0. The molecule has 1 saturated heterocycles. The molecule has 0 N–H and O–H groups in total. The molecule has 2 aromatic heterocycles. The van der Waals surface area contributed by atoms with E-state index in [1.54, 1.807) is 23.2 Å². The topological polar surface area (TPSA) is 93.9 Å². The van der Waals surface area contributed by atoms with Crippen molar-refractivity contribution in [3.05, 3.63) is 61.6 Å². The number of hydrogen-bond donors (Lipinski definition) is 0. The SMILES string of the molecule is Cc1cc2oc(=O)cc(COC(=O)c3sccc3S(=O)(=O)N3CCSCC3)c2cc1C. The average molecular weight is 480 g/mol. The van der Waals surface area contributed by atoms with Crippen LogP contribution in [0.15, 0.2) is 43.8 Å². The third-order valence-electron chi connectivity index (χ3n) is 5.21. The molecule has 31 heavy (non-hydrogen) atoms. The highest BCUT2D eigenvalue weighted by Gasteiger charge is 2.31. The van der Waals surface area contributed by atoms with Gasteiger partial charge in [0.15, 0.2) is 0 Å². The van der Waals surface area contributed by atoms with Crippen LogP contribution in [0.2, 0.25) is 0 Å². The fraction of sp³-hybridized carbons (Fsp3) is 0.333. The van der Waals surface area contributed by atoms with E-state index in [1.807, 2.05) is 19.9 Å². The summed E-state index contributed by atoms with van der Waals surface area (Å²) in [7, 11) is -3.76. The molecule has 3 heterocycles. The normalized spacial score (nSPS) is 15.3. The Morgan fingerprint density at radius 3 is 2.61 bits per heavy atom. The molecule has 1 aliphatic heterocycles. The van der Waals surface area contributed by atoms with Gasteiger partial charge in [-0.25, -0.2) is 18.0 Å². The zero-order valence-electron chi connectivity index (χ0n) is 17.0. The quantitative estimate of drug-likeness (QED) is 0.408. The number of carbonyl (C=O) groups is 1. The van der Waals surface area contributed by atoms with Crippen LogP contribution in [-0.2, 0) is 21.4 Å². The van der Waals surface area contributed by atoms with Gasteiger partial charge in [-0.1, -0.05) is 0 Å². The van der Waals surface area contributed by atoms with E-state index in [9.17, 15) is 18.0 Å². The molecule has 0 unspecified atom stereocenters. The standard InChI is InChI=1S/C21H21NO6S3/c1-13-9-16-15(11-19(23)28-17(16)10-14(13)2)12-27-21(24)20-18(3-6-30-20)31(25,26)22-4-7-29-8-5-22/h3,6,9-11H,4-5,7-8,12H2,1-2H3. The van der Waals surface area contributed by atoms with Crippen LogP contribution in [0.5, 0.6) is 0 Å². The lowest BCUT2D eigenvalue weighted by atomic mass is 10.0. The monoisotopic (exact) mass is 479 g/mol. The summed E-state index contributed by atoms with van der Waals surface area (Å²) >= 11 is 2.73. The summed E-state index contributed by atoms with van der Waals surface area (Å²) in [5, 5.41) is 2.25. The minimum absolute atomic E-state index is 0.0293. The number of fused-ring (bicyclic) bond motifs is 1. The van der Waals surface area contributed by atoms with Crippen LogP contribution in [0.25, 0.3) is 11.0 Å². The number of esters is 1. The Morgan fingerprint density at radius 1 is 1.16 bits per heavy atom. The van der Waals surface area contributed by atoms with Gasteiger partial charge in [0.05, 0.1) is 0 Å². The third kappa shape index (κ3) is 4.43. The predicted octanol–water partition coefficient (Wildman–Crippen LogP) is 3.57. The molecule has 1 aliphatic rings. The van der Waals surface area contributed by atoms with E-state index in [4.69, 9.17) is 9.15 Å². The van der Waals surface area contributed by atoms with Crippen molar-refractivity contribution in [1.29, 1.82) is 0 Å². The highest BCUT2D eigenvalue weighted by molar-refractivity contribution is 7.99. The maximum atomic E-state index is 13.0. The van der Waals surface area contributed by atoms with Crippen molar-refractivity contribution >= 4 is 50.1 Å². The van der Waals surface area contributed by atoms with Crippen LogP contribution in [0.3, 0.4) is 0 Å². The number of benzene rings is 1. The fourth-order valence-electron chi connectivity index (χ4n) is 3.39. The van der Waals surface area contributed by atoms with Crippen LogP contribution in [0.1, 0.15) is 26.4 Å². The molecule has 10 heteroatoms. The van der Waals surface area contributed by atoms with E-state index in [2.05, 4.69) is 0 Å². The zero-order valence-corrected chi connectivity index (χ0v) is 19.5. The highest BCUT2D eigenvalue weighted by Crippen LogP contribution is 2.28. The molecule has 7 nitrogen and oxygen atoms in total. The van der Waals surface area contributed by atoms with E-state index in [-0.39, 0.29) is 16.4 Å².